The average molecular weight is 342 g/mol. The molecular formula is C24H26N2. The van der Waals surface area contributed by atoms with Crippen LogP contribution < -0.4 is 0 Å². The zero-order chi connectivity index (χ0) is 16.9. The predicted octanol–water partition coefficient (Wildman–Crippen LogP) is 4.75. The number of fused-ring (bicyclic) bond motifs is 7. The van der Waals surface area contributed by atoms with Gasteiger partial charge in [-0.05, 0) is 65.8 Å². The van der Waals surface area contributed by atoms with E-state index in [1.54, 1.807) is 27.8 Å². The first-order chi connectivity index (χ1) is 12.9. The maximum Gasteiger partial charge on any atom is 0.128 e. The number of hydrogen-bond acceptors (Lipinski definition) is 2. The monoisotopic (exact) mass is 342 g/mol. The molecule has 0 saturated carbocycles. The van der Waals surface area contributed by atoms with Crippen molar-refractivity contribution in [2.75, 3.05) is 13.1 Å². The molecule has 1 spiro atoms. The summed E-state index contributed by atoms with van der Waals surface area (Å²) in [6, 6.07) is 18.0. The van der Waals surface area contributed by atoms with Gasteiger partial charge < -0.3 is 0 Å². The molecule has 2 aromatic carbocycles. The molecule has 2 heteroatoms. The van der Waals surface area contributed by atoms with E-state index in [0.717, 1.165) is 5.92 Å². The maximum absolute atomic E-state index is 2.95. The Labute approximate surface area is 155 Å². The lowest BCUT2D eigenvalue weighted by molar-refractivity contribution is -0.0824. The Hall–Kier alpha value is -1.64. The van der Waals surface area contributed by atoms with Gasteiger partial charge in [0.1, 0.15) is 5.66 Å². The first-order valence-electron chi connectivity index (χ1n) is 10.7. The van der Waals surface area contributed by atoms with Crippen LogP contribution in [0, 0.1) is 5.92 Å². The van der Waals surface area contributed by atoms with Crippen LogP contribution in [0.1, 0.15) is 72.0 Å². The minimum Gasteiger partial charge on any atom is -0.271 e. The molecule has 4 atom stereocenters. The van der Waals surface area contributed by atoms with Gasteiger partial charge in [-0.25, -0.2) is 0 Å². The summed E-state index contributed by atoms with van der Waals surface area (Å²) < 4.78 is 0. The van der Waals surface area contributed by atoms with E-state index >= 15 is 0 Å². The molecule has 0 radical (unpaired) electrons. The third-order valence-electron chi connectivity index (χ3n) is 8.14. The molecule has 0 bridgehead atoms. The number of benzene rings is 2. The molecule has 2 aromatic rings. The van der Waals surface area contributed by atoms with Gasteiger partial charge in [-0.15, -0.1) is 0 Å². The van der Waals surface area contributed by atoms with Gasteiger partial charge in [-0.2, -0.15) is 0 Å². The van der Waals surface area contributed by atoms with Crippen LogP contribution in [0.2, 0.25) is 0 Å². The molecule has 7 rings (SSSR count). The molecule has 0 amide bonds. The van der Waals surface area contributed by atoms with Gasteiger partial charge in [0.2, 0.25) is 0 Å². The highest BCUT2D eigenvalue weighted by atomic mass is 15.5. The minimum absolute atomic E-state index is 0.0246. The van der Waals surface area contributed by atoms with Crippen molar-refractivity contribution in [3.05, 3.63) is 70.3 Å². The number of hydrogen-bond donors (Lipinski definition) is 0. The topological polar surface area (TPSA) is 6.48 Å². The highest BCUT2D eigenvalue weighted by molar-refractivity contribution is 5.59. The van der Waals surface area contributed by atoms with Crippen molar-refractivity contribution in [3.63, 3.8) is 0 Å². The zero-order valence-electron chi connectivity index (χ0n) is 15.3. The third kappa shape index (κ3) is 1.43. The van der Waals surface area contributed by atoms with Crippen molar-refractivity contribution in [3.8, 4) is 0 Å². The summed E-state index contributed by atoms with van der Waals surface area (Å²) in [6.45, 7) is 2.50. The van der Waals surface area contributed by atoms with E-state index < -0.39 is 0 Å². The molecule has 132 valence electrons. The smallest absolute Gasteiger partial charge is 0.128 e. The summed E-state index contributed by atoms with van der Waals surface area (Å²) in [6.07, 6.45) is 8.15. The fraction of sp³-hybridized carbons (Fsp3) is 0.500. The van der Waals surface area contributed by atoms with E-state index in [1.165, 1.54) is 51.6 Å². The molecule has 2 nitrogen and oxygen atoms in total. The second kappa shape index (κ2) is 4.79. The average Bonchev–Trinajstić information content (AvgIpc) is 3.32. The van der Waals surface area contributed by atoms with Crippen molar-refractivity contribution >= 4 is 0 Å². The summed E-state index contributed by atoms with van der Waals surface area (Å²) >= 11 is 0. The Balaban J connectivity index is 1.58. The molecular weight excluding hydrogens is 316 g/mol. The van der Waals surface area contributed by atoms with E-state index in [9.17, 15) is 0 Å². The van der Waals surface area contributed by atoms with Gasteiger partial charge in [-0.1, -0.05) is 48.9 Å². The summed E-state index contributed by atoms with van der Waals surface area (Å²) in [5.41, 5.74) is 8.26. The lowest BCUT2D eigenvalue weighted by Gasteiger charge is -2.51. The molecule has 2 fully saturated rings. The van der Waals surface area contributed by atoms with E-state index in [4.69, 9.17) is 0 Å². The van der Waals surface area contributed by atoms with Crippen LogP contribution in [0.15, 0.2) is 42.5 Å². The van der Waals surface area contributed by atoms with Crippen LogP contribution in [-0.2, 0) is 12.1 Å². The van der Waals surface area contributed by atoms with Crippen molar-refractivity contribution in [1.29, 1.82) is 0 Å². The Morgan fingerprint density at radius 2 is 1.69 bits per heavy atom. The minimum atomic E-state index is 0.0246. The van der Waals surface area contributed by atoms with Crippen molar-refractivity contribution in [2.45, 2.75) is 56.3 Å². The predicted molar refractivity (Wildman–Crippen MR) is 103 cm³/mol. The summed E-state index contributed by atoms with van der Waals surface area (Å²) in [5, 5.41) is 0. The van der Waals surface area contributed by atoms with Crippen LogP contribution in [0.25, 0.3) is 0 Å². The molecule has 4 heterocycles. The Bertz CT molecular complexity index is 918. The van der Waals surface area contributed by atoms with E-state index in [0.29, 0.717) is 12.1 Å². The van der Waals surface area contributed by atoms with Gasteiger partial charge >= 0.3 is 0 Å². The highest BCUT2D eigenvalue weighted by Gasteiger charge is 2.64. The molecule has 0 N–H and O–H groups in total. The van der Waals surface area contributed by atoms with E-state index in [-0.39, 0.29) is 5.66 Å². The molecule has 4 unspecified atom stereocenters. The number of rotatable bonds is 0. The second-order valence-electron chi connectivity index (χ2n) is 9.09. The first kappa shape index (κ1) is 14.4. The van der Waals surface area contributed by atoms with Gasteiger partial charge in [0.15, 0.2) is 0 Å². The van der Waals surface area contributed by atoms with Crippen molar-refractivity contribution < 1.29 is 0 Å². The summed E-state index contributed by atoms with van der Waals surface area (Å²) in [5.74, 6) is 0.843. The standard InChI is InChI=1S/C24H26N2/c1-2-10-19-18(9-1)21-12-3-4-13-25(21)24(19)20-11-5-7-16-15-17-8-6-14-26(24)23(17)22(16)20/h1-2,5,7,9-11,17,21,23H,3-4,6,8,12-15H2. The van der Waals surface area contributed by atoms with Crippen molar-refractivity contribution in [1.82, 2.24) is 9.80 Å². The fourth-order valence-electron chi connectivity index (χ4n) is 7.45. The third-order valence-corrected chi connectivity index (χ3v) is 8.14. The maximum atomic E-state index is 2.95. The summed E-state index contributed by atoms with van der Waals surface area (Å²) in [7, 11) is 0. The van der Waals surface area contributed by atoms with Crippen LogP contribution >= 0.6 is 0 Å². The molecule has 2 saturated heterocycles. The second-order valence-corrected chi connectivity index (χ2v) is 9.09. The number of piperidine rings is 2. The largest absolute Gasteiger partial charge is 0.271 e. The van der Waals surface area contributed by atoms with E-state index in [2.05, 4.69) is 52.3 Å². The van der Waals surface area contributed by atoms with Gasteiger partial charge in [0.25, 0.3) is 0 Å². The lowest BCUT2D eigenvalue weighted by atomic mass is 9.87. The molecule has 0 aromatic heterocycles. The van der Waals surface area contributed by atoms with Crippen LogP contribution in [0.4, 0.5) is 0 Å². The highest BCUT2D eigenvalue weighted by Crippen LogP contribution is 2.65. The Kier molecular flexibility index (Phi) is 2.66. The SMILES string of the molecule is c1ccc2c(c1)C1CCCCN1C21c2cccc3c2C2C(CCCN21)C3. The molecule has 26 heavy (non-hydrogen) atoms. The zero-order valence-corrected chi connectivity index (χ0v) is 15.3. The van der Waals surface area contributed by atoms with Crippen LogP contribution in [-0.4, -0.2) is 22.9 Å². The Morgan fingerprint density at radius 3 is 2.69 bits per heavy atom. The van der Waals surface area contributed by atoms with Gasteiger partial charge in [-0.3, -0.25) is 9.80 Å². The normalized spacial score (nSPS) is 37.0. The fourth-order valence-corrected chi connectivity index (χ4v) is 7.45. The van der Waals surface area contributed by atoms with Crippen LogP contribution in [0.5, 0.6) is 0 Å². The Morgan fingerprint density at radius 1 is 0.808 bits per heavy atom. The molecule has 1 aliphatic carbocycles. The summed E-state index contributed by atoms with van der Waals surface area (Å²) in [4.78, 5) is 5.87. The quantitative estimate of drug-likeness (QED) is 0.681. The lowest BCUT2D eigenvalue weighted by Crippen LogP contribution is -2.56. The number of nitrogens with zero attached hydrogens (tertiary/aromatic N) is 2. The first-order valence-corrected chi connectivity index (χ1v) is 10.7. The van der Waals surface area contributed by atoms with Crippen LogP contribution in [0.3, 0.4) is 0 Å². The molecule has 5 aliphatic rings. The van der Waals surface area contributed by atoms with E-state index in [1.807, 2.05) is 0 Å². The van der Waals surface area contributed by atoms with Gasteiger partial charge in [0.05, 0.1) is 0 Å². The van der Waals surface area contributed by atoms with Crippen molar-refractivity contribution in [2.24, 2.45) is 5.92 Å². The molecule has 4 aliphatic heterocycles. The van der Waals surface area contributed by atoms with Gasteiger partial charge in [0, 0.05) is 25.2 Å².